The predicted octanol–water partition coefficient (Wildman–Crippen LogP) is -1.81. The topological polar surface area (TPSA) is 121 Å². The highest BCUT2D eigenvalue weighted by Crippen LogP contribution is 2.01. The Morgan fingerprint density at radius 2 is 2.07 bits per heavy atom. The summed E-state index contributed by atoms with van der Waals surface area (Å²) in [5, 5.41) is 17.9. The van der Waals surface area contributed by atoms with Crippen LogP contribution in [0, 0.1) is 0 Å². The van der Waals surface area contributed by atoms with Gasteiger partial charge in [0.25, 0.3) is 6.47 Å². The molecule has 0 aromatic carbocycles. The van der Waals surface area contributed by atoms with Crippen LogP contribution in [-0.2, 0) is 19.9 Å². The molecule has 80 valence electrons. The first-order valence-electron chi connectivity index (χ1n) is 3.53. The molecular weight excluding hydrogens is 214 g/mol. The van der Waals surface area contributed by atoms with Gasteiger partial charge in [-0.2, -0.15) is 8.42 Å². The number of aliphatic carboxylic acids is 1. The quantitative estimate of drug-likeness (QED) is 0.353. The van der Waals surface area contributed by atoms with Crippen LogP contribution in [0.2, 0.25) is 0 Å². The first-order chi connectivity index (χ1) is 6.54. The van der Waals surface area contributed by atoms with Gasteiger partial charge in [-0.25, -0.2) is 0 Å². The lowest BCUT2D eigenvalue weighted by Crippen LogP contribution is -2.35. The molecule has 1 atom stereocenters. The molecule has 0 aromatic heterocycles. The Morgan fingerprint density at radius 3 is 2.36 bits per heavy atom. The van der Waals surface area contributed by atoms with E-state index in [1.165, 1.54) is 0 Å². The minimum atomic E-state index is -2.37. The van der Waals surface area contributed by atoms with Crippen LogP contribution < -0.4 is 5.32 Å². The molecule has 1 aliphatic heterocycles. The molecule has 0 spiro atoms. The lowest BCUT2D eigenvalue weighted by molar-refractivity contribution is -0.137. The summed E-state index contributed by atoms with van der Waals surface area (Å²) < 4.78 is 20.8. The molecule has 1 aliphatic rings. The van der Waals surface area contributed by atoms with Gasteiger partial charge in [0.05, 0.1) is 4.86 Å². The minimum Gasteiger partial charge on any atom is -0.483 e. The summed E-state index contributed by atoms with van der Waals surface area (Å²) >= 11 is 0. The maximum absolute atomic E-state index is 10.4. The van der Waals surface area contributed by atoms with Crippen LogP contribution in [0.1, 0.15) is 6.42 Å². The van der Waals surface area contributed by atoms with Crippen molar-refractivity contribution >= 4 is 27.6 Å². The zero-order valence-corrected chi connectivity index (χ0v) is 7.82. The number of hydrogen-bond acceptors (Lipinski definition) is 5. The largest absolute Gasteiger partial charge is 0.483 e. The van der Waals surface area contributed by atoms with Crippen molar-refractivity contribution in [3.8, 4) is 0 Å². The highest BCUT2D eigenvalue weighted by molar-refractivity contribution is 7.73. The summed E-state index contributed by atoms with van der Waals surface area (Å²) in [6.07, 6.45) is 0.299. The third-order valence-electron chi connectivity index (χ3n) is 1.50. The van der Waals surface area contributed by atoms with E-state index in [9.17, 15) is 13.2 Å². The van der Waals surface area contributed by atoms with Crippen LogP contribution in [0.15, 0.2) is 0 Å². The number of carbonyl (C=O) groups is 2. The first kappa shape index (κ1) is 12.6. The van der Waals surface area contributed by atoms with Crippen LogP contribution in [0.5, 0.6) is 0 Å². The van der Waals surface area contributed by atoms with E-state index in [1.807, 2.05) is 0 Å². The van der Waals surface area contributed by atoms with Crippen LogP contribution in [-0.4, -0.2) is 48.5 Å². The van der Waals surface area contributed by atoms with E-state index in [2.05, 4.69) is 5.32 Å². The number of carboxylic acids is 1. The third-order valence-corrected chi connectivity index (χ3v) is 2.37. The van der Waals surface area contributed by atoms with E-state index in [-0.39, 0.29) is 11.3 Å². The number of carboxylic acid groups (broad SMARTS) is 2. The Bertz CT molecular complexity index is 337. The Labute approximate surface area is 80.9 Å². The molecule has 1 rings (SSSR count). The van der Waals surface area contributed by atoms with Crippen molar-refractivity contribution in [2.75, 3.05) is 6.54 Å². The van der Waals surface area contributed by atoms with Crippen LogP contribution in [0.3, 0.4) is 0 Å². The zero-order valence-electron chi connectivity index (χ0n) is 7.00. The third kappa shape index (κ3) is 3.54. The van der Waals surface area contributed by atoms with Crippen LogP contribution in [0.25, 0.3) is 0 Å². The van der Waals surface area contributed by atoms with Gasteiger partial charge in [-0.05, 0) is 6.42 Å². The standard InChI is InChI=1S/C5H7NO4S.CH2O2/c7-5(8)4-3(11(9)10)1-2-6-4;2-1-3/h4,6H,1-2H2,(H,7,8);1H,(H,2,3). The molecule has 0 amide bonds. The molecule has 3 N–H and O–H groups in total. The second-order valence-electron chi connectivity index (χ2n) is 2.28. The SMILES string of the molecule is O=C(O)C1NCCC1=S(=O)=O.O=CO. The summed E-state index contributed by atoms with van der Waals surface area (Å²) in [7, 11) is -2.37. The Kier molecular flexibility index (Phi) is 5.49. The van der Waals surface area contributed by atoms with Crippen molar-refractivity contribution in [2.24, 2.45) is 0 Å². The average Bonchev–Trinajstić information content (AvgIpc) is 2.52. The lowest BCUT2D eigenvalue weighted by Gasteiger charge is -2.00. The van der Waals surface area contributed by atoms with E-state index in [0.29, 0.717) is 13.0 Å². The molecule has 1 heterocycles. The monoisotopic (exact) mass is 223 g/mol. The summed E-state index contributed by atoms with van der Waals surface area (Å²) in [6, 6.07) is -1.01. The Hall–Kier alpha value is -1.41. The molecule has 14 heavy (non-hydrogen) atoms. The molecular formula is C6H9NO6S. The van der Waals surface area contributed by atoms with E-state index in [4.69, 9.17) is 15.0 Å². The normalized spacial score (nSPS) is 19.4. The van der Waals surface area contributed by atoms with Gasteiger partial charge in [-0.3, -0.25) is 14.9 Å². The van der Waals surface area contributed by atoms with Gasteiger partial charge in [-0.15, -0.1) is 0 Å². The fourth-order valence-corrected chi connectivity index (χ4v) is 1.65. The van der Waals surface area contributed by atoms with Gasteiger partial charge in [0.2, 0.25) is 10.3 Å². The van der Waals surface area contributed by atoms with E-state index >= 15 is 0 Å². The number of nitrogens with one attached hydrogen (secondary N) is 1. The van der Waals surface area contributed by atoms with Crippen LogP contribution in [0.4, 0.5) is 0 Å². The van der Waals surface area contributed by atoms with Crippen molar-refractivity contribution in [2.45, 2.75) is 12.5 Å². The molecule has 0 bridgehead atoms. The van der Waals surface area contributed by atoms with Gasteiger partial charge in [0.15, 0.2) is 0 Å². The van der Waals surface area contributed by atoms with Crippen molar-refractivity contribution in [1.29, 1.82) is 0 Å². The molecule has 1 unspecified atom stereocenters. The molecule has 0 aromatic rings. The maximum atomic E-state index is 10.4. The molecule has 0 radical (unpaired) electrons. The van der Waals surface area contributed by atoms with Gasteiger partial charge in [0.1, 0.15) is 6.04 Å². The van der Waals surface area contributed by atoms with E-state index in [0.717, 1.165) is 0 Å². The zero-order chi connectivity index (χ0) is 11.1. The van der Waals surface area contributed by atoms with Crippen molar-refractivity contribution in [3.05, 3.63) is 0 Å². The molecule has 0 aliphatic carbocycles. The highest BCUT2D eigenvalue weighted by Gasteiger charge is 2.29. The Balaban J connectivity index is 0.000000500. The van der Waals surface area contributed by atoms with Gasteiger partial charge >= 0.3 is 5.97 Å². The van der Waals surface area contributed by atoms with E-state index < -0.39 is 22.3 Å². The van der Waals surface area contributed by atoms with Crippen molar-refractivity contribution in [1.82, 2.24) is 5.32 Å². The van der Waals surface area contributed by atoms with Crippen molar-refractivity contribution in [3.63, 3.8) is 0 Å². The molecule has 8 heteroatoms. The average molecular weight is 223 g/mol. The summed E-state index contributed by atoms with van der Waals surface area (Å²) in [5.74, 6) is -1.14. The fraction of sp³-hybridized carbons (Fsp3) is 0.500. The maximum Gasteiger partial charge on any atom is 0.326 e. The van der Waals surface area contributed by atoms with Gasteiger partial charge in [-0.1, -0.05) is 0 Å². The summed E-state index contributed by atoms with van der Waals surface area (Å²) in [5.41, 5.74) is 0. The second kappa shape index (κ2) is 6.11. The highest BCUT2D eigenvalue weighted by atomic mass is 32.2. The lowest BCUT2D eigenvalue weighted by atomic mass is 10.2. The molecule has 1 saturated heterocycles. The van der Waals surface area contributed by atoms with Gasteiger partial charge in [0, 0.05) is 6.54 Å². The molecule has 7 nitrogen and oxygen atoms in total. The number of rotatable bonds is 1. The minimum absolute atomic E-state index is 0.0394. The predicted molar refractivity (Wildman–Crippen MR) is 46.7 cm³/mol. The molecule has 0 saturated carbocycles. The second-order valence-corrected chi connectivity index (χ2v) is 3.28. The number of hydrogen-bond donors (Lipinski definition) is 3. The first-order valence-corrected chi connectivity index (χ1v) is 4.61. The fourth-order valence-electron chi connectivity index (χ4n) is 1.00. The van der Waals surface area contributed by atoms with Crippen LogP contribution >= 0.6 is 0 Å². The van der Waals surface area contributed by atoms with E-state index in [1.54, 1.807) is 0 Å². The van der Waals surface area contributed by atoms with Gasteiger partial charge < -0.3 is 10.2 Å². The van der Waals surface area contributed by atoms with Crippen molar-refractivity contribution < 1.29 is 28.2 Å². The summed E-state index contributed by atoms with van der Waals surface area (Å²) in [4.78, 5) is 18.8. The smallest absolute Gasteiger partial charge is 0.326 e. The molecule has 1 fully saturated rings. The summed E-state index contributed by atoms with van der Waals surface area (Å²) in [6.45, 7) is 0.167. The Morgan fingerprint density at radius 1 is 1.57 bits per heavy atom.